The van der Waals surface area contributed by atoms with Gasteiger partial charge in [-0.05, 0) is 44.1 Å². The standard InChI is InChI=1S/C22H24N2O3/c25-19(21-6-3-7-22(10-8-21,11-9-21)20(26)27)12-17-15-4-1-2-5-16(15)18-13-23-14-24(17)18/h1-2,4-5,13-14,17H,3,6-12H2,(H,26,27). The lowest BCUT2D eigenvalue weighted by Crippen LogP contribution is -2.40. The van der Waals surface area contributed by atoms with Crippen LogP contribution in [0.4, 0.5) is 0 Å². The minimum atomic E-state index is -0.668. The molecule has 1 atom stereocenters. The molecule has 1 unspecified atom stereocenters. The predicted molar refractivity (Wildman–Crippen MR) is 100 cm³/mol. The number of carboxylic acid groups (broad SMARTS) is 1. The lowest BCUT2D eigenvalue weighted by molar-refractivity contribution is -0.153. The van der Waals surface area contributed by atoms with Crippen molar-refractivity contribution in [3.8, 4) is 11.3 Å². The number of carbonyl (C=O) groups is 2. The molecule has 2 bridgehead atoms. The van der Waals surface area contributed by atoms with Gasteiger partial charge in [-0.2, -0.15) is 0 Å². The second-order valence-corrected chi connectivity index (χ2v) is 8.64. The van der Waals surface area contributed by atoms with Crippen molar-refractivity contribution < 1.29 is 14.7 Å². The van der Waals surface area contributed by atoms with E-state index in [0.717, 1.165) is 37.8 Å². The van der Waals surface area contributed by atoms with E-state index in [1.54, 1.807) is 0 Å². The van der Waals surface area contributed by atoms with Crippen LogP contribution in [0.1, 0.15) is 63.0 Å². The van der Waals surface area contributed by atoms with Crippen molar-refractivity contribution in [2.75, 3.05) is 0 Å². The molecule has 5 nitrogen and oxygen atoms in total. The Hall–Kier alpha value is -2.43. The summed E-state index contributed by atoms with van der Waals surface area (Å²) in [6.45, 7) is 0. The highest BCUT2D eigenvalue weighted by Crippen LogP contribution is 2.56. The molecule has 27 heavy (non-hydrogen) atoms. The van der Waals surface area contributed by atoms with E-state index in [1.807, 2.05) is 24.7 Å². The highest BCUT2D eigenvalue weighted by molar-refractivity contribution is 5.87. The van der Waals surface area contributed by atoms with Gasteiger partial charge in [0, 0.05) is 17.4 Å². The number of imidazole rings is 1. The Morgan fingerprint density at radius 3 is 2.56 bits per heavy atom. The zero-order valence-electron chi connectivity index (χ0n) is 15.4. The van der Waals surface area contributed by atoms with Crippen LogP contribution < -0.4 is 0 Å². The second kappa shape index (κ2) is 5.78. The summed E-state index contributed by atoms with van der Waals surface area (Å²) < 4.78 is 2.13. The van der Waals surface area contributed by atoms with E-state index in [0.29, 0.717) is 25.0 Å². The summed E-state index contributed by atoms with van der Waals surface area (Å²) >= 11 is 0. The second-order valence-electron chi connectivity index (χ2n) is 8.64. The summed E-state index contributed by atoms with van der Waals surface area (Å²) in [5.74, 6) is -0.358. The number of aromatic nitrogens is 2. The topological polar surface area (TPSA) is 72.2 Å². The third kappa shape index (κ3) is 2.33. The average molecular weight is 364 g/mol. The van der Waals surface area contributed by atoms with Crippen LogP contribution in [0.5, 0.6) is 0 Å². The number of aliphatic carboxylic acids is 1. The Labute approximate surface area is 158 Å². The number of hydrogen-bond acceptors (Lipinski definition) is 3. The summed E-state index contributed by atoms with van der Waals surface area (Å²) in [6, 6.07) is 8.27. The molecule has 1 N–H and O–H groups in total. The smallest absolute Gasteiger partial charge is 0.309 e. The minimum Gasteiger partial charge on any atom is -0.481 e. The summed E-state index contributed by atoms with van der Waals surface area (Å²) in [5, 5.41) is 9.69. The first kappa shape index (κ1) is 16.7. The number of fused-ring (bicyclic) bond motifs is 7. The maximum Gasteiger partial charge on any atom is 0.309 e. The number of rotatable bonds is 4. The molecule has 1 aromatic heterocycles. The molecule has 0 radical (unpaired) electrons. The van der Waals surface area contributed by atoms with Crippen LogP contribution in [0.15, 0.2) is 36.8 Å². The molecule has 0 spiro atoms. The van der Waals surface area contributed by atoms with Crippen LogP contribution in [-0.4, -0.2) is 26.4 Å². The van der Waals surface area contributed by atoms with Gasteiger partial charge in [-0.15, -0.1) is 0 Å². The van der Waals surface area contributed by atoms with E-state index >= 15 is 0 Å². The summed E-state index contributed by atoms with van der Waals surface area (Å²) in [4.78, 5) is 29.6. The molecule has 2 aromatic rings. The average Bonchev–Trinajstić information content (AvgIpc) is 3.12. The van der Waals surface area contributed by atoms with Gasteiger partial charge < -0.3 is 9.67 Å². The number of benzene rings is 1. The van der Waals surface area contributed by atoms with Gasteiger partial charge in [0.15, 0.2) is 0 Å². The fourth-order valence-corrected chi connectivity index (χ4v) is 5.74. The third-order valence-corrected chi connectivity index (χ3v) is 7.50. The van der Waals surface area contributed by atoms with Gasteiger partial charge in [0.1, 0.15) is 5.78 Å². The lowest BCUT2D eigenvalue weighted by Gasteiger charge is -2.40. The Morgan fingerprint density at radius 2 is 1.78 bits per heavy atom. The maximum atomic E-state index is 13.5. The van der Waals surface area contributed by atoms with Crippen LogP contribution in [0, 0.1) is 10.8 Å². The molecule has 0 amide bonds. The van der Waals surface area contributed by atoms with Crippen molar-refractivity contribution in [1.29, 1.82) is 0 Å². The van der Waals surface area contributed by atoms with Crippen molar-refractivity contribution in [2.24, 2.45) is 10.8 Å². The Balaban J connectivity index is 1.43. The number of carboxylic acids is 1. The van der Waals surface area contributed by atoms with E-state index in [-0.39, 0.29) is 11.5 Å². The molecule has 5 heteroatoms. The van der Waals surface area contributed by atoms with Crippen LogP contribution in [0.3, 0.4) is 0 Å². The maximum absolute atomic E-state index is 13.5. The molecule has 3 saturated carbocycles. The van der Waals surface area contributed by atoms with Gasteiger partial charge in [-0.1, -0.05) is 30.7 Å². The molecular formula is C22H24N2O3. The lowest BCUT2D eigenvalue weighted by atomic mass is 9.63. The molecular weight excluding hydrogens is 340 g/mol. The quantitative estimate of drug-likeness (QED) is 0.881. The van der Waals surface area contributed by atoms with Crippen molar-refractivity contribution in [3.63, 3.8) is 0 Å². The van der Waals surface area contributed by atoms with E-state index in [4.69, 9.17) is 0 Å². The molecule has 1 aromatic carbocycles. The largest absolute Gasteiger partial charge is 0.481 e. The molecule has 0 saturated heterocycles. The first-order valence-electron chi connectivity index (χ1n) is 9.93. The van der Waals surface area contributed by atoms with Crippen molar-refractivity contribution in [3.05, 3.63) is 42.4 Å². The highest BCUT2D eigenvalue weighted by atomic mass is 16.4. The zero-order valence-corrected chi connectivity index (χ0v) is 15.4. The first-order chi connectivity index (χ1) is 13.0. The summed E-state index contributed by atoms with van der Waals surface area (Å²) in [7, 11) is 0. The van der Waals surface area contributed by atoms with Crippen LogP contribution in [0.2, 0.25) is 0 Å². The normalized spacial score (nSPS) is 31.2. The number of nitrogens with zero attached hydrogens (tertiary/aromatic N) is 2. The number of carbonyl (C=O) groups excluding carboxylic acids is 1. The first-order valence-corrected chi connectivity index (χ1v) is 9.93. The Bertz CT molecular complexity index is 921. The van der Waals surface area contributed by atoms with Crippen LogP contribution in [0.25, 0.3) is 11.3 Å². The van der Waals surface area contributed by atoms with Gasteiger partial charge in [0.25, 0.3) is 0 Å². The van der Waals surface area contributed by atoms with Gasteiger partial charge >= 0.3 is 5.97 Å². The van der Waals surface area contributed by atoms with Crippen LogP contribution >= 0.6 is 0 Å². The minimum absolute atomic E-state index is 0.00925. The van der Waals surface area contributed by atoms with E-state index in [9.17, 15) is 14.7 Å². The number of Topliss-reactive ketones (excluding diaryl/α,β-unsaturated/α-hetero) is 1. The zero-order chi connectivity index (χ0) is 18.6. The van der Waals surface area contributed by atoms with Crippen LogP contribution in [-0.2, 0) is 9.59 Å². The molecule has 2 heterocycles. The molecule has 140 valence electrons. The summed E-state index contributed by atoms with van der Waals surface area (Å²) in [6.07, 6.45) is 9.31. The van der Waals surface area contributed by atoms with E-state index in [1.165, 1.54) is 11.1 Å². The molecule has 3 fully saturated rings. The Morgan fingerprint density at radius 1 is 1.07 bits per heavy atom. The molecule has 3 aliphatic carbocycles. The van der Waals surface area contributed by atoms with Crippen molar-refractivity contribution in [2.45, 2.75) is 57.4 Å². The summed E-state index contributed by atoms with van der Waals surface area (Å²) in [5.41, 5.74) is 2.53. The molecule has 6 rings (SSSR count). The van der Waals surface area contributed by atoms with Gasteiger partial charge in [-0.25, -0.2) is 4.98 Å². The van der Waals surface area contributed by atoms with Gasteiger partial charge in [-0.3, -0.25) is 9.59 Å². The van der Waals surface area contributed by atoms with E-state index < -0.39 is 11.4 Å². The SMILES string of the molecule is O=C(O)C12CCCC(C(=O)CC3c4ccccc4-c4cncn43)(CC1)CC2. The van der Waals surface area contributed by atoms with Crippen molar-refractivity contribution >= 4 is 11.8 Å². The highest BCUT2D eigenvalue weighted by Gasteiger charge is 2.52. The van der Waals surface area contributed by atoms with Gasteiger partial charge in [0.05, 0.1) is 29.7 Å². The molecule has 4 aliphatic rings. The van der Waals surface area contributed by atoms with Crippen molar-refractivity contribution in [1.82, 2.24) is 9.55 Å². The van der Waals surface area contributed by atoms with E-state index in [2.05, 4.69) is 21.7 Å². The predicted octanol–water partition coefficient (Wildman–Crippen LogP) is 4.23. The number of hydrogen-bond donors (Lipinski definition) is 1. The fourth-order valence-electron chi connectivity index (χ4n) is 5.74. The Kier molecular flexibility index (Phi) is 3.58. The number of ketones is 1. The monoisotopic (exact) mass is 364 g/mol. The third-order valence-electron chi connectivity index (χ3n) is 7.50. The molecule has 1 aliphatic heterocycles. The van der Waals surface area contributed by atoms with Gasteiger partial charge in [0.2, 0.25) is 0 Å². The fraction of sp³-hybridized carbons (Fsp3) is 0.500.